The molecule has 544 valence electrons. The van der Waals surface area contributed by atoms with Crippen LogP contribution >= 0.6 is 0 Å². The van der Waals surface area contributed by atoms with Gasteiger partial charge in [-0.3, -0.25) is 0 Å². The third-order valence-electron chi connectivity index (χ3n) is 18.0. The summed E-state index contributed by atoms with van der Waals surface area (Å²) in [6, 6.07) is 52.7. The Morgan fingerprint density at radius 1 is 0.390 bits per heavy atom. The van der Waals surface area contributed by atoms with Crippen molar-refractivity contribution in [2.45, 2.75) is 275 Å². The molecule has 0 N–H and O–H groups in total. The Morgan fingerprint density at radius 3 is 1.13 bits per heavy atom. The first-order valence-corrected chi connectivity index (χ1v) is 38.6. The molecule has 0 spiro atoms. The molecule has 2 aliphatic heterocycles. The minimum absolute atomic E-state index is 0. The standard InChI is InChI=1S/2C30H40N2.C26H32N2.2C3H7.2Ni/c2*1-4-7-10-11-14-25-15-12-17-27(22-25)30-28(16-9-6-3)23-29(32(30)31)26-20-18-24(19-21-26)13-8-5-2;1-4-7-10-22-14-16-24(17-15-22)26(23(12-8-5-2)18-19-28-27)25-13-9-11-21(6-3)20-25;2*1-3-2;;/h2*12,15,17-23H,4-11,13-14,16H2,1-3H3;9,11,13-18,20H,4-8,10,12H2,1-3H3;2*1,3H2,2H3;;/q;;;2*-1;;+2. The summed E-state index contributed by atoms with van der Waals surface area (Å²) in [6.07, 6.45) is 41.9. The number of rotatable bonds is 36. The van der Waals surface area contributed by atoms with Crippen LogP contribution < -0.4 is 0 Å². The van der Waals surface area contributed by atoms with Crippen molar-refractivity contribution in [2.24, 2.45) is 0 Å². The van der Waals surface area contributed by atoms with Crippen LogP contribution in [-0.2, 0) is 71.5 Å². The number of allylic oxidation sites excluding steroid dienone is 6. The first-order valence-electron chi connectivity index (χ1n) is 38.6. The van der Waals surface area contributed by atoms with E-state index in [1.807, 2.05) is 19.9 Å². The number of aryl methyl sites for hydroxylation is 6. The van der Waals surface area contributed by atoms with E-state index in [9.17, 15) is 11.1 Å². The van der Waals surface area contributed by atoms with Gasteiger partial charge in [-0.1, -0.05) is 250 Å². The molecular weight excluding hydrogens is 1310 g/mol. The van der Waals surface area contributed by atoms with Crippen LogP contribution in [0.5, 0.6) is 0 Å². The fourth-order valence-electron chi connectivity index (χ4n) is 12.4. The Kier molecular flexibility index (Phi) is 48.4. The van der Waals surface area contributed by atoms with Gasteiger partial charge in [-0.2, -0.15) is 12.8 Å². The molecule has 0 fully saturated rings. The second-order valence-electron chi connectivity index (χ2n) is 26.5. The average molecular weight is 1430 g/mol. The van der Waals surface area contributed by atoms with Crippen molar-refractivity contribution in [1.29, 1.82) is 0 Å². The summed E-state index contributed by atoms with van der Waals surface area (Å²) in [4.78, 5) is 3.10. The molecule has 0 saturated heterocycles. The molecule has 2 heterocycles. The Balaban J connectivity index is 0.000000486. The predicted molar refractivity (Wildman–Crippen MR) is 426 cm³/mol. The number of hydrogen-bond acceptors (Lipinski definition) is 0. The van der Waals surface area contributed by atoms with Gasteiger partial charge in [0.1, 0.15) is 0 Å². The molecule has 8 heteroatoms. The fraction of sp³-hybridized carbons (Fsp3) is 0.457. The summed E-state index contributed by atoms with van der Waals surface area (Å²) < 4.78 is 2.87. The van der Waals surface area contributed by atoms with Crippen molar-refractivity contribution < 1.29 is 47.2 Å². The van der Waals surface area contributed by atoms with E-state index in [2.05, 4.69) is 245 Å². The molecular formula is C92H126N6Ni2. The van der Waals surface area contributed by atoms with Crippen molar-refractivity contribution in [3.8, 4) is 0 Å². The van der Waals surface area contributed by atoms with Gasteiger partial charge < -0.3 is 30.4 Å². The summed E-state index contributed by atoms with van der Waals surface area (Å²) in [5.74, 6) is 2.64. The maximum absolute atomic E-state index is 11.3. The summed E-state index contributed by atoms with van der Waals surface area (Å²) in [5.41, 5.74) is 55.0. The number of unbranched alkanes of at least 4 members (excludes halogenated alkanes) is 12. The maximum Gasteiger partial charge on any atom is 2.00 e. The van der Waals surface area contributed by atoms with Crippen LogP contribution in [0.2, 0.25) is 0 Å². The van der Waals surface area contributed by atoms with Gasteiger partial charge >= 0.3 is 16.5 Å². The van der Waals surface area contributed by atoms with Crippen LogP contribution in [0.1, 0.15) is 303 Å². The van der Waals surface area contributed by atoms with Crippen LogP contribution in [0, 0.1) is 13.8 Å². The molecule has 6 aromatic carbocycles. The van der Waals surface area contributed by atoms with E-state index in [0.717, 1.165) is 160 Å². The molecule has 0 bridgehead atoms. The molecule has 0 atom stereocenters. The van der Waals surface area contributed by atoms with E-state index >= 15 is 0 Å². The predicted octanol–water partition coefficient (Wildman–Crippen LogP) is 27.8. The van der Waals surface area contributed by atoms with Crippen molar-refractivity contribution >= 4 is 34.2 Å². The van der Waals surface area contributed by atoms with Gasteiger partial charge in [0, 0.05) is 62.0 Å². The molecule has 8 rings (SSSR count). The molecule has 100 heavy (non-hydrogen) atoms. The summed E-state index contributed by atoms with van der Waals surface area (Å²) in [5, 5.41) is 0. The van der Waals surface area contributed by atoms with Crippen LogP contribution in [0.25, 0.3) is 45.0 Å². The Morgan fingerprint density at radius 2 is 0.750 bits per heavy atom. The Labute approximate surface area is 630 Å². The van der Waals surface area contributed by atoms with E-state index in [1.54, 1.807) is 0 Å². The van der Waals surface area contributed by atoms with Crippen LogP contribution in [0.3, 0.4) is 0 Å². The quantitative estimate of drug-likeness (QED) is 0.00548. The zero-order chi connectivity index (χ0) is 71.1. The van der Waals surface area contributed by atoms with Gasteiger partial charge in [0.25, 0.3) is 5.87 Å². The molecule has 6 aromatic rings. The van der Waals surface area contributed by atoms with E-state index in [0.29, 0.717) is 0 Å². The molecule has 0 saturated carbocycles. The van der Waals surface area contributed by atoms with Gasteiger partial charge in [0.05, 0.1) is 6.08 Å². The second-order valence-corrected chi connectivity index (χ2v) is 26.5. The second kappa shape index (κ2) is 54.1. The van der Waals surface area contributed by atoms with Crippen LogP contribution in [0.15, 0.2) is 181 Å². The van der Waals surface area contributed by atoms with Gasteiger partial charge in [-0.15, -0.1) is 4.79 Å². The van der Waals surface area contributed by atoms with Gasteiger partial charge in [-0.05, 0) is 213 Å². The molecule has 0 amide bonds. The van der Waals surface area contributed by atoms with E-state index in [4.69, 9.17) is 5.53 Å². The monoisotopic (exact) mass is 1430 g/mol. The van der Waals surface area contributed by atoms with Crippen molar-refractivity contribution in [1.82, 2.24) is 0 Å². The SMILES string of the molecule is CCCCC(C=C=[N+]=[N-])=C(c1ccc(CCCC)cc1)c1cccc(CC)c1.CCCCCCc1cccc(C2=C(CCCC)C=C(c3ccc(CCCC)cc3)[N+]2=[N-])c1.CCCCCCc1cccc(C2=C(CCCC)C=C(c3ccc(CCCC)cc3)[N+]2=[N-])c1.[CH2-]CC.[CH2-]CC.[Ni+2].[Ni]. The Hall–Kier alpha value is -6.63. The number of benzene rings is 6. The summed E-state index contributed by atoms with van der Waals surface area (Å²) in [6.45, 7) is 31.0. The number of hydrogen-bond donors (Lipinski definition) is 0. The van der Waals surface area contributed by atoms with Crippen LogP contribution in [0.4, 0.5) is 0 Å². The third kappa shape index (κ3) is 30.9. The van der Waals surface area contributed by atoms with E-state index in [1.165, 1.54) is 161 Å². The summed E-state index contributed by atoms with van der Waals surface area (Å²) in [7, 11) is 0. The zero-order valence-corrected chi connectivity index (χ0v) is 65.7. The van der Waals surface area contributed by atoms with Gasteiger partial charge in [0.15, 0.2) is 0 Å². The zero-order valence-electron chi connectivity index (χ0n) is 63.7. The minimum Gasteiger partial charge on any atom is -0.493 e. The molecule has 0 unspecified atom stereocenters. The van der Waals surface area contributed by atoms with E-state index in [-0.39, 0.29) is 33.0 Å². The molecule has 0 radical (unpaired) electrons. The Bertz CT molecular complexity index is 3390. The smallest absolute Gasteiger partial charge is 0.493 e. The molecule has 2 aliphatic rings. The van der Waals surface area contributed by atoms with Gasteiger partial charge in [-0.25, -0.2) is 9.39 Å². The summed E-state index contributed by atoms with van der Waals surface area (Å²) >= 11 is 0. The maximum atomic E-state index is 11.3. The van der Waals surface area contributed by atoms with Crippen molar-refractivity contribution in [3.05, 3.63) is 278 Å². The van der Waals surface area contributed by atoms with Gasteiger partial charge in [0.2, 0.25) is 22.8 Å². The van der Waals surface area contributed by atoms with E-state index < -0.39 is 0 Å². The number of nitrogens with zero attached hydrogens (tertiary/aromatic N) is 6. The molecule has 0 aromatic heterocycles. The molecule has 0 aliphatic carbocycles. The van der Waals surface area contributed by atoms with Crippen molar-refractivity contribution in [2.75, 3.05) is 0 Å². The first-order chi connectivity index (χ1) is 47.9. The minimum atomic E-state index is 0. The fourth-order valence-corrected chi connectivity index (χ4v) is 12.4. The average Bonchev–Trinajstić information content (AvgIpc) is 1.83. The third-order valence-corrected chi connectivity index (χ3v) is 18.0. The topological polar surface area (TPSA) is 87.0 Å². The largest absolute Gasteiger partial charge is 2.00 e. The first kappa shape index (κ1) is 89.5. The van der Waals surface area contributed by atoms with Crippen LogP contribution in [-0.4, -0.2) is 20.1 Å². The molecule has 6 nitrogen and oxygen atoms in total. The van der Waals surface area contributed by atoms with Crippen molar-refractivity contribution in [3.63, 3.8) is 0 Å². The normalized spacial score (nSPS) is 12.3.